The number of rotatable bonds is 9. The van der Waals surface area contributed by atoms with Gasteiger partial charge in [0.25, 0.3) is 0 Å². The van der Waals surface area contributed by atoms with Crippen molar-refractivity contribution in [2.24, 2.45) is 10.9 Å². The SMILES string of the molecule is CC(C)Oc1ccc(NC(=NCC2CCN(C3CC3)C2)NCCc2ccco2)cc1. The Morgan fingerprint density at radius 2 is 2.03 bits per heavy atom. The molecule has 0 amide bonds. The Hall–Kier alpha value is -2.47. The van der Waals surface area contributed by atoms with Crippen LogP contribution in [0.25, 0.3) is 0 Å². The number of benzene rings is 1. The van der Waals surface area contributed by atoms with Crippen LogP contribution in [0.3, 0.4) is 0 Å². The standard InChI is InChI=1S/C24H34N4O2/c1-18(2)30-23-9-5-20(6-10-23)27-24(25-13-11-22-4-3-15-29-22)26-16-19-12-14-28(17-19)21-7-8-21/h3-6,9-10,15,18-19,21H,7-8,11-14,16-17H2,1-2H3,(H2,25,26,27). The molecule has 0 bridgehead atoms. The summed E-state index contributed by atoms with van der Waals surface area (Å²) in [6.07, 6.45) is 6.73. The molecule has 6 nitrogen and oxygen atoms in total. The molecule has 1 atom stereocenters. The minimum absolute atomic E-state index is 0.172. The van der Waals surface area contributed by atoms with Crippen LogP contribution in [0.2, 0.25) is 0 Å². The summed E-state index contributed by atoms with van der Waals surface area (Å²) >= 11 is 0. The van der Waals surface area contributed by atoms with Crippen molar-refractivity contribution in [2.75, 3.05) is 31.5 Å². The van der Waals surface area contributed by atoms with Gasteiger partial charge in [-0.3, -0.25) is 4.99 Å². The van der Waals surface area contributed by atoms with E-state index in [1.807, 2.05) is 50.2 Å². The Morgan fingerprint density at radius 3 is 2.73 bits per heavy atom. The molecular formula is C24H34N4O2. The fraction of sp³-hybridized carbons (Fsp3) is 0.542. The molecule has 6 heteroatoms. The molecule has 162 valence electrons. The van der Waals surface area contributed by atoms with Crippen LogP contribution in [0.4, 0.5) is 5.69 Å². The maximum Gasteiger partial charge on any atom is 0.195 e. The van der Waals surface area contributed by atoms with E-state index in [-0.39, 0.29) is 6.10 Å². The van der Waals surface area contributed by atoms with Crippen molar-refractivity contribution in [1.82, 2.24) is 10.2 Å². The molecule has 0 spiro atoms. The summed E-state index contributed by atoms with van der Waals surface area (Å²) in [4.78, 5) is 7.55. The number of anilines is 1. The summed E-state index contributed by atoms with van der Waals surface area (Å²) < 4.78 is 11.2. The Bertz CT molecular complexity index is 797. The first-order valence-electron chi connectivity index (χ1n) is 11.2. The summed E-state index contributed by atoms with van der Waals surface area (Å²) in [5.41, 5.74) is 1.00. The van der Waals surface area contributed by atoms with Crippen LogP contribution in [-0.4, -0.2) is 49.2 Å². The number of guanidine groups is 1. The first-order valence-corrected chi connectivity index (χ1v) is 11.2. The minimum Gasteiger partial charge on any atom is -0.491 e. The molecule has 1 saturated carbocycles. The molecule has 1 aliphatic carbocycles. The van der Waals surface area contributed by atoms with Gasteiger partial charge in [-0.05, 0) is 82.0 Å². The largest absolute Gasteiger partial charge is 0.491 e. The monoisotopic (exact) mass is 410 g/mol. The van der Waals surface area contributed by atoms with Crippen LogP contribution < -0.4 is 15.4 Å². The number of nitrogens with zero attached hydrogens (tertiary/aromatic N) is 2. The maximum atomic E-state index is 5.74. The van der Waals surface area contributed by atoms with Crippen LogP contribution in [0.5, 0.6) is 5.75 Å². The maximum absolute atomic E-state index is 5.74. The molecule has 1 aromatic heterocycles. The van der Waals surface area contributed by atoms with Crippen LogP contribution in [-0.2, 0) is 6.42 Å². The highest BCUT2D eigenvalue weighted by Gasteiger charge is 2.34. The zero-order valence-corrected chi connectivity index (χ0v) is 18.1. The van der Waals surface area contributed by atoms with Crippen molar-refractivity contribution in [1.29, 1.82) is 0 Å². The van der Waals surface area contributed by atoms with Crippen molar-refractivity contribution < 1.29 is 9.15 Å². The van der Waals surface area contributed by atoms with Gasteiger partial charge >= 0.3 is 0 Å². The smallest absolute Gasteiger partial charge is 0.195 e. The fourth-order valence-electron chi connectivity index (χ4n) is 3.93. The molecule has 2 heterocycles. The lowest BCUT2D eigenvalue weighted by Crippen LogP contribution is -2.33. The molecule has 4 rings (SSSR count). The second kappa shape index (κ2) is 10.0. The quantitative estimate of drug-likeness (QED) is 0.480. The molecule has 2 aliphatic rings. The van der Waals surface area contributed by atoms with Crippen molar-refractivity contribution in [3.05, 3.63) is 48.4 Å². The highest BCUT2D eigenvalue weighted by molar-refractivity contribution is 5.93. The van der Waals surface area contributed by atoms with Gasteiger partial charge in [-0.2, -0.15) is 0 Å². The third kappa shape index (κ3) is 6.26. The first-order chi connectivity index (χ1) is 14.7. The van der Waals surface area contributed by atoms with Gasteiger partial charge in [0.05, 0.1) is 12.4 Å². The van der Waals surface area contributed by atoms with Gasteiger partial charge in [0.15, 0.2) is 5.96 Å². The van der Waals surface area contributed by atoms with E-state index in [2.05, 4.69) is 15.5 Å². The predicted molar refractivity (Wildman–Crippen MR) is 121 cm³/mol. The van der Waals surface area contributed by atoms with Gasteiger partial charge in [0.2, 0.25) is 0 Å². The molecule has 30 heavy (non-hydrogen) atoms. The second-order valence-corrected chi connectivity index (χ2v) is 8.64. The number of aliphatic imine (C=N–C) groups is 1. The van der Waals surface area contributed by atoms with Gasteiger partial charge < -0.3 is 24.7 Å². The Labute approximate surface area is 179 Å². The van der Waals surface area contributed by atoms with Gasteiger partial charge in [0, 0.05) is 37.8 Å². The molecule has 2 aromatic rings. The normalized spacial score (nSPS) is 20.0. The van der Waals surface area contributed by atoms with E-state index in [4.69, 9.17) is 14.1 Å². The highest BCUT2D eigenvalue weighted by atomic mass is 16.5. The zero-order valence-electron chi connectivity index (χ0n) is 18.1. The lowest BCUT2D eigenvalue weighted by Gasteiger charge is -2.16. The number of hydrogen-bond donors (Lipinski definition) is 2. The lowest BCUT2D eigenvalue weighted by atomic mass is 10.1. The average Bonchev–Trinajstić information content (AvgIpc) is 3.24. The first kappa shape index (κ1) is 20.8. The van der Waals surface area contributed by atoms with E-state index in [0.29, 0.717) is 5.92 Å². The number of likely N-dealkylation sites (tertiary alicyclic amines) is 1. The molecule has 1 unspecified atom stereocenters. The number of furan rings is 1. The van der Waals surface area contributed by atoms with Crippen molar-refractivity contribution >= 4 is 11.6 Å². The molecule has 2 N–H and O–H groups in total. The topological polar surface area (TPSA) is 62.0 Å². The van der Waals surface area contributed by atoms with Gasteiger partial charge in [0.1, 0.15) is 11.5 Å². The summed E-state index contributed by atoms with van der Waals surface area (Å²) in [5.74, 6) is 3.33. The summed E-state index contributed by atoms with van der Waals surface area (Å²) in [7, 11) is 0. The molecule has 1 saturated heterocycles. The van der Waals surface area contributed by atoms with Crippen LogP contribution in [0, 0.1) is 5.92 Å². The lowest BCUT2D eigenvalue weighted by molar-refractivity contribution is 0.242. The Balaban J connectivity index is 1.34. The third-order valence-corrected chi connectivity index (χ3v) is 5.62. The average molecular weight is 411 g/mol. The van der Waals surface area contributed by atoms with E-state index in [1.54, 1.807) is 6.26 Å². The number of nitrogens with one attached hydrogen (secondary N) is 2. The van der Waals surface area contributed by atoms with Gasteiger partial charge in [-0.1, -0.05) is 0 Å². The molecule has 1 aliphatic heterocycles. The van der Waals surface area contributed by atoms with E-state index < -0.39 is 0 Å². The summed E-state index contributed by atoms with van der Waals surface area (Å²) in [5, 5.41) is 6.91. The van der Waals surface area contributed by atoms with Gasteiger partial charge in [-0.15, -0.1) is 0 Å². The Morgan fingerprint density at radius 1 is 1.20 bits per heavy atom. The van der Waals surface area contributed by atoms with E-state index in [9.17, 15) is 0 Å². The third-order valence-electron chi connectivity index (χ3n) is 5.62. The molecule has 2 fully saturated rings. The fourth-order valence-corrected chi connectivity index (χ4v) is 3.93. The zero-order chi connectivity index (χ0) is 20.8. The molecule has 1 aromatic carbocycles. The van der Waals surface area contributed by atoms with Gasteiger partial charge in [-0.25, -0.2) is 0 Å². The number of hydrogen-bond acceptors (Lipinski definition) is 4. The minimum atomic E-state index is 0.172. The predicted octanol–water partition coefficient (Wildman–Crippen LogP) is 4.15. The summed E-state index contributed by atoms with van der Waals surface area (Å²) in [6.45, 7) is 8.12. The van der Waals surface area contributed by atoms with Crippen molar-refractivity contribution in [3.63, 3.8) is 0 Å². The molecule has 0 radical (unpaired) electrons. The number of ether oxygens (including phenoxy) is 1. The van der Waals surface area contributed by atoms with Crippen molar-refractivity contribution in [2.45, 2.75) is 51.7 Å². The van der Waals surface area contributed by atoms with Crippen LogP contribution in [0.15, 0.2) is 52.1 Å². The van der Waals surface area contributed by atoms with Crippen LogP contribution in [0.1, 0.15) is 38.9 Å². The summed E-state index contributed by atoms with van der Waals surface area (Å²) in [6, 6.07) is 12.8. The Kier molecular flexibility index (Phi) is 6.95. The van der Waals surface area contributed by atoms with Crippen LogP contribution >= 0.6 is 0 Å². The molecular weight excluding hydrogens is 376 g/mol. The van der Waals surface area contributed by atoms with E-state index >= 15 is 0 Å². The van der Waals surface area contributed by atoms with Crippen molar-refractivity contribution in [3.8, 4) is 5.75 Å². The van der Waals surface area contributed by atoms with E-state index in [0.717, 1.165) is 48.7 Å². The second-order valence-electron chi connectivity index (χ2n) is 8.64. The van der Waals surface area contributed by atoms with E-state index in [1.165, 1.54) is 32.4 Å². The highest BCUT2D eigenvalue weighted by Crippen LogP contribution is 2.31.